The maximum atomic E-state index is 10.8. The van der Waals surface area contributed by atoms with Crippen molar-refractivity contribution in [1.29, 1.82) is 0 Å². The van der Waals surface area contributed by atoms with Crippen molar-refractivity contribution in [1.82, 2.24) is 5.32 Å². The normalized spacial score (nSPS) is 9.73. The molecule has 0 aliphatic rings. The fourth-order valence-corrected chi connectivity index (χ4v) is 1.93. The topological polar surface area (TPSA) is 38.3 Å². The molecule has 82 valence electrons. The fourth-order valence-electron chi connectivity index (χ4n) is 1.28. The number of nitrogens with one attached hydrogen (secondary N) is 1. The summed E-state index contributed by atoms with van der Waals surface area (Å²) >= 11 is 1.72. The first-order valence-electron chi connectivity index (χ1n) is 4.71. The molecule has 1 aromatic rings. The van der Waals surface area contributed by atoms with Crippen LogP contribution >= 0.6 is 11.8 Å². The van der Waals surface area contributed by atoms with Crippen LogP contribution < -0.4 is 5.32 Å². The number of thioether (sulfide) groups is 1. The highest BCUT2D eigenvalue weighted by atomic mass is 32.2. The van der Waals surface area contributed by atoms with Crippen molar-refractivity contribution in [2.45, 2.75) is 11.3 Å². The van der Waals surface area contributed by atoms with E-state index >= 15 is 0 Å². The second-order valence-electron chi connectivity index (χ2n) is 2.98. The van der Waals surface area contributed by atoms with E-state index in [0.717, 1.165) is 6.42 Å². The van der Waals surface area contributed by atoms with Gasteiger partial charge in [-0.25, -0.2) is 4.79 Å². The third kappa shape index (κ3) is 3.83. The third-order valence-electron chi connectivity index (χ3n) is 2.04. The zero-order chi connectivity index (χ0) is 11.1. The molecule has 0 bridgehead atoms. The van der Waals surface area contributed by atoms with Crippen LogP contribution in [0, 0.1) is 0 Å². The number of amides is 1. The SMILES string of the molecule is COC(=O)NCCc1ccccc1SC. The Morgan fingerprint density at radius 1 is 1.47 bits per heavy atom. The molecule has 0 unspecified atom stereocenters. The molecular weight excluding hydrogens is 210 g/mol. The van der Waals surface area contributed by atoms with Gasteiger partial charge in [0.2, 0.25) is 0 Å². The Labute approximate surface area is 94.2 Å². The molecule has 0 saturated carbocycles. The van der Waals surface area contributed by atoms with Crippen molar-refractivity contribution in [3.8, 4) is 0 Å². The van der Waals surface area contributed by atoms with Gasteiger partial charge in [-0.2, -0.15) is 0 Å². The van der Waals surface area contributed by atoms with E-state index in [2.05, 4.69) is 22.2 Å². The van der Waals surface area contributed by atoms with Crippen molar-refractivity contribution >= 4 is 17.9 Å². The van der Waals surface area contributed by atoms with Crippen molar-refractivity contribution in [3.63, 3.8) is 0 Å². The molecule has 15 heavy (non-hydrogen) atoms. The number of hydrogen-bond acceptors (Lipinski definition) is 3. The smallest absolute Gasteiger partial charge is 0.406 e. The Morgan fingerprint density at radius 3 is 2.87 bits per heavy atom. The van der Waals surface area contributed by atoms with Gasteiger partial charge in [-0.1, -0.05) is 18.2 Å². The highest BCUT2D eigenvalue weighted by Crippen LogP contribution is 2.19. The first-order valence-corrected chi connectivity index (χ1v) is 5.94. The van der Waals surface area contributed by atoms with Crippen molar-refractivity contribution in [3.05, 3.63) is 29.8 Å². The van der Waals surface area contributed by atoms with Crippen molar-refractivity contribution in [2.24, 2.45) is 0 Å². The standard InChI is InChI=1S/C11H15NO2S/c1-14-11(13)12-8-7-9-5-3-4-6-10(9)15-2/h3-6H,7-8H2,1-2H3,(H,12,13). The molecule has 1 N–H and O–H groups in total. The van der Waals surface area contributed by atoms with Crippen LogP contribution in [0.15, 0.2) is 29.2 Å². The largest absolute Gasteiger partial charge is 0.453 e. The first-order chi connectivity index (χ1) is 7.27. The summed E-state index contributed by atoms with van der Waals surface area (Å²) in [7, 11) is 1.37. The van der Waals surface area contributed by atoms with E-state index in [-0.39, 0.29) is 6.09 Å². The summed E-state index contributed by atoms with van der Waals surface area (Å²) < 4.78 is 4.49. The lowest BCUT2D eigenvalue weighted by Gasteiger charge is -2.07. The van der Waals surface area contributed by atoms with Crippen LogP contribution in [0.2, 0.25) is 0 Å². The van der Waals surface area contributed by atoms with Gasteiger partial charge in [0, 0.05) is 11.4 Å². The minimum Gasteiger partial charge on any atom is -0.453 e. The van der Waals surface area contributed by atoms with Crippen LogP contribution in [0.5, 0.6) is 0 Å². The number of hydrogen-bond donors (Lipinski definition) is 1. The third-order valence-corrected chi connectivity index (χ3v) is 2.88. The molecule has 0 spiro atoms. The Kier molecular flexibility index (Phi) is 5.04. The number of carbonyl (C=O) groups is 1. The maximum Gasteiger partial charge on any atom is 0.406 e. The molecule has 0 heterocycles. The second-order valence-corrected chi connectivity index (χ2v) is 3.83. The molecular formula is C11H15NO2S. The molecule has 0 aromatic heterocycles. The Bertz CT molecular complexity index is 328. The Hall–Kier alpha value is -1.16. The van der Waals surface area contributed by atoms with Crippen LogP contribution in [0.25, 0.3) is 0 Å². The van der Waals surface area contributed by atoms with Gasteiger partial charge in [0.15, 0.2) is 0 Å². The minimum atomic E-state index is -0.378. The van der Waals surface area contributed by atoms with Gasteiger partial charge in [0.1, 0.15) is 0 Å². The van der Waals surface area contributed by atoms with E-state index < -0.39 is 0 Å². The predicted molar refractivity (Wildman–Crippen MR) is 62.3 cm³/mol. The van der Waals surface area contributed by atoms with Crippen LogP contribution in [-0.4, -0.2) is 26.0 Å². The molecule has 3 nitrogen and oxygen atoms in total. The summed E-state index contributed by atoms with van der Waals surface area (Å²) in [5, 5.41) is 2.66. The molecule has 0 saturated heterocycles. The van der Waals surface area contributed by atoms with Gasteiger partial charge in [-0.3, -0.25) is 0 Å². The lowest BCUT2D eigenvalue weighted by Crippen LogP contribution is -2.25. The zero-order valence-electron chi connectivity index (χ0n) is 8.95. The van der Waals surface area contributed by atoms with Gasteiger partial charge in [-0.15, -0.1) is 11.8 Å². The minimum absolute atomic E-state index is 0.378. The number of alkyl carbamates (subject to hydrolysis) is 1. The number of ether oxygens (including phenoxy) is 1. The summed E-state index contributed by atoms with van der Waals surface area (Å²) in [4.78, 5) is 12.1. The molecule has 1 amide bonds. The number of carbonyl (C=O) groups excluding carboxylic acids is 1. The van der Waals surface area contributed by atoms with Gasteiger partial charge in [-0.05, 0) is 24.3 Å². The van der Waals surface area contributed by atoms with Crippen LogP contribution in [0.1, 0.15) is 5.56 Å². The molecule has 0 aliphatic heterocycles. The number of rotatable bonds is 4. The number of benzene rings is 1. The van der Waals surface area contributed by atoms with E-state index in [1.165, 1.54) is 17.6 Å². The van der Waals surface area contributed by atoms with E-state index in [0.29, 0.717) is 6.54 Å². The molecule has 4 heteroatoms. The van der Waals surface area contributed by atoms with Gasteiger partial charge in [0.05, 0.1) is 7.11 Å². The zero-order valence-corrected chi connectivity index (χ0v) is 9.76. The average Bonchev–Trinajstić information content (AvgIpc) is 2.29. The summed E-state index contributed by atoms with van der Waals surface area (Å²) in [6.45, 7) is 0.601. The first kappa shape index (κ1) is 11.9. The monoisotopic (exact) mass is 225 g/mol. The van der Waals surface area contributed by atoms with Gasteiger partial charge < -0.3 is 10.1 Å². The van der Waals surface area contributed by atoms with Crippen molar-refractivity contribution in [2.75, 3.05) is 19.9 Å². The average molecular weight is 225 g/mol. The molecule has 1 rings (SSSR count). The van der Waals surface area contributed by atoms with E-state index in [4.69, 9.17) is 0 Å². The Balaban J connectivity index is 2.46. The van der Waals surface area contributed by atoms with Gasteiger partial charge >= 0.3 is 6.09 Å². The summed E-state index contributed by atoms with van der Waals surface area (Å²) in [6, 6.07) is 8.18. The Morgan fingerprint density at radius 2 is 2.20 bits per heavy atom. The van der Waals surface area contributed by atoms with E-state index in [9.17, 15) is 4.79 Å². The lowest BCUT2D eigenvalue weighted by molar-refractivity contribution is 0.171. The van der Waals surface area contributed by atoms with E-state index in [1.807, 2.05) is 18.4 Å². The molecule has 0 atom stereocenters. The van der Waals surface area contributed by atoms with Crippen LogP contribution in [0.4, 0.5) is 4.79 Å². The summed E-state index contributed by atoms with van der Waals surface area (Å²) in [6.07, 6.45) is 2.50. The van der Waals surface area contributed by atoms with Crippen LogP contribution in [0.3, 0.4) is 0 Å². The highest BCUT2D eigenvalue weighted by Gasteiger charge is 2.01. The highest BCUT2D eigenvalue weighted by molar-refractivity contribution is 7.98. The van der Waals surface area contributed by atoms with Crippen molar-refractivity contribution < 1.29 is 9.53 Å². The maximum absolute atomic E-state index is 10.8. The predicted octanol–water partition coefficient (Wildman–Crippen LogP) is 2.31. The van der Waals surface area contributed by atoms with Crippen LogP contribution in [-0.2, 0) is 11.2 Å². The van der Waals surface area contributed by atoms with Gasteiger partial charge in [0.25, 0.3) is 0 Å². The summed E-state index contributed by atoms with van der Waals surface area (Å²) in [5.41, 5.74) is 1.25. The molecule has 0 aliphatic carbocycles. The second kappa shape index (κ2) is 6.35. The fraction of sp³-hybridized carbons (Fsp3) is 0.364. The lowest BCUT2D eigenvalue weighted by atomic mass is 10.1. The van der Waals surface area contributed by atoms with E-state index in [1.54, 1.807) is 11.8 Å². The molecule has 0 fully saturated rings. The molecule has 0 radical (unpaired) electrons. The molecule has 1 aromatic carbocycles. The quantitative estimate of drug-likeness (QED) is 0.799. The summed E-state index contributed by atoms with van der Waals surface area (Å²) in [5.74, 6) is 0. The number of methoxy groups -OCH3 is 1.